The Labute approximate surface area is 120 Å². The van der Waals surface area contributed by atoms with Gasteiger partial charge in [-0.05, 0) is 23.8 Å². The largest absolute Gasteiger partial charge is 0.478 e. The van der Waals surface area contributed by atoms with Crippen molar-refractivity contribution in [1.29, 1.82) is 0 Å². The van der Waals surface area contributed by atoms with Crippen LogP contribution in [-0.4, -0.2) is 17.0 Å². The van der Waals surface area contributed by atoms with Gasteiger partial charge in [0.05, 0.1) is 12.0 Å². The van der Waals surface area contributed by atoms with E-state index in [-0.39, 0.29) is 12.3 Å². The number of hydrogen-bond acceptors (Lipinski definition) is 4. The van der Waals surface area contributed by atoms with Crippen LogP contribution in [-0.2, 0) is 17.8 Å². The van der Waals surface area contributed by atoms with Gasteiger partial charge in [-0.2, -0.15) is 0 Å². The second-order valence-corrected chi connectivity index (χ2v) is 5.30. The number of carbonyl (C=O) groups is 2. The SMILES string of the molecule is NC(=O)Cc1ccc(NCc2cc(C(=O)O)cs2)cc1. The number of carboxylic acid groups (broad SMARTS) is 1. The fraction of sp³-hybridized carbons (Fsp3) is 0.143. The molecule has 104 valence electrons. The number of carboxylic acids is 1. The molecule has 4 N–H and O–H groups in total. The van der Waals surface area contributed by atoms with Crippen LogP contribution in [0.1, 0.15) is 20.8 Å². The van der Waals surface area contributed by atoms with Gasteiger partial charge in [0.2, 0.25) is 5.91 Å². The summed E-state index contributed by atoms with van der Waals surface area (Å²) in [5.74, 6) is -1.27. The fourth-order valence-electron chi connectivity index (χ4n) is 1.72. The summed E-state index contributed by atoms with van der Waals surface area (Å²) in [6, 6.07) is 9.06. The average Bonchev–Trinajstić information content (AvgIpc) is 2.86. The summed E-state index contributed by atoms with van der Waals surface area (Å²) in [5.41, 5.74) is 7.21. The molecule has 0 aliphatic heterocycles. The number of primary amides is 1. The molecule has 1 aromatic carbocycles. The molecule has 1 heterocycles. The predicted molar refractivity (Wildman–Crippen MR) is 77.9 cm³/mol. The van der Waals surface area contributed by atoms with Gasteiger partial charge in [-0.1, -0.05) is 12.1 Å². The minimum Gasteiger partial charge on any atom is -0.478 e. The summed E-state index contributed by atoms with van der Waals surface area (Å²) in [5, 5.41) is 13.6. The number of nitrogens with one attached hydrogen (secondary N) is 1. The van der Waals surface area contributed by atoms with E-state index in [1.54, 1.807) is 11.4 Å². The number of hydrogen-bond donors (Lipinski definition) is 3. The van der Waals surface area contributed by atoms with Crippen LogP contribution in [0.5, 0.6) is 0 Å². The molecule has 1 amide bonds. The van der Waals surface area contributed by atoms with Crippen LogP contribution in [0.25, 0.3) is 0 Å². The van der Waals surface area contributed by atoms with Crippen molar-refractivity contribution in [2.24, 2.45) is 5.73 Å². The van der Waals surface area contributed by atoms with Gasteiger partial charge in [-0.3, -0.25) is 4.79 Å². The van der Waals surface area contributed by atoms with Crippen LogP contribution < -0.4 is 11.1 Å². The van der Waals surface area contributed by atoms with E-state index in [4.69, 9.17) is 10.8 Å². The molecule has 2 aromatic rings. The second-order valence-electron chi connectivity index (χ2n) is 4.30. The third-order valence-corrected chi connectivity index (χ3v) is 3.64. The minimum absolute atomic E-state index is 0.229. The monoisotopic (exact) mass is 290 g/mol. The summed E-state index contributed by atoms with van der Waals surface area (Å²) >= 11 is 1.40. The van der Waals surface area contributed by atoms with Crippen LogP contribution in [0.4, 0.5) is 5.69 Å². The summed E-state index contributed by atoms with van der Waals surface area (Å²) in [6.07, 6.45) is 0.229. The third kappa shape index (κ3) is 3.83. The zero-order valence-electron chi connectivity index (χ0n) is 10.6. The molecule has 0 aliphatic carbocycles. The Bertz CT molecular complexity index is 620. The topological polar surface area (TPSA) is 92.4 Å². The Morgan fingerprint density at radius 1 is 1.25 bits per heavy atom. The Morgan fingerprint density at radius 3 is 2.50 bits per heavy atom. The van der Waals surface area contributed by atoms with Crippen molar-refractivity contribution in [2.45, 2.75) is 13.0 Å². The molecule has 20 heavy (non-hydrogen) atoms. The lowest BCUT2D eigenvalue weighted by Gasteiger charge is -2.05. The maximum Gasteiger partial charge on any atom is 0.336 e. The maximum absolute atomic E-state index is 10.8. The van der Waals surface area contributed by atoms with E-state index in [9.17, 15) is 9.59 Å². The Hall–Kier alpha value is -2.34. The van der Waals surface area contributed by atoms with E-state index < -0.39 is 5.97 Å². The number of carbonyl (C=O) groups excluding carboxylic acids is 1. The lowest BCUT2D eigenvalue weighted by molar-refractivity contribution is -0.117. The summed E-state index contributed by atoms with van der Waals surface area (Å²) in [6.45, 7) is 0.563. The molecule has 0 radical (unpaired) electrons. The molecular weight excluding hydrogens is 276 g/mol. The van der Waals surface area contributed by atoms with Crippen molar-refractivity contribution >= 4 is 28.9 Å². The molecule has 0 saturated heterocycles. The molecule has 0 saturated carbocycles. The third-order valence-electron chi connectivity index (χ3n) is 2.70. The van der Waals surface area contributed by atoms with Crippen molar-refractivity contribution in [3.63, 3.8) is 0 Å². The zero-order chi connectivity index (χ0) is 14.5. The highest BCUT2D eigenvalue weighted by atomic mass is 32.1. The first kappa shape index (κ1) is 14.1. The zero-order valence-corrected chi connectivity index (χ0v) is 11.4. The van der Waals surface area contributed by atoms with E-state index in [1.807, 2.05) is 24.3 Å². The molecule has 0 unspecified atom stereocenters. The molecule has 0 atom stereocenters. The highest BCUT2D eigenvalue weighted by molar-refractivity contribution is 7.10. The van der Waals surface area contributed by atoms with Crippen molar-refractivity contribution in [3.8, 4) is 0 Å². The van der Waals surface area contributed by atoms with E-state index >= 15 is 0 Å². The quantitative estimate of drug-likeness (QED) is 0.759. The van der Waals surface area contributed by atoms with Gasteiger partial charge < -0.3 is 16.2 Å². The summed E-state index contributed by atoms with van der Waals surface area (Å²) in [7, 11) is 0. The van der Waals surface area contributed by atoms with E-state index in [1.165, 1.54) is 11.3 Å². The van der Waals surface area contributed by atoms with Gasteiger partial charge >= 0.3 is 5.97 Å². The molecule has 5 nitrogen and oxygen atoms in total. The van der Waals surface area contributed by atoms with Gasteiger partial charge in [0, 0.05) is 22.5 Å². The molecule has 0 spiro atoms. The fourth-order valence-corrected chi connectivity index (χ4v) is 2.51. The highest BCUT2D eigenvalue weighted by Crippen LogP contribution is 2.17. The van der Waals surface area contributed by atoms with Crippen molar-refractivity contribution in [3.05, 3.63) is 51.7 Å². The standard InChI is InChI=1S/C14H14N2O3S/c15-13(17)5-9-1-3-11(4-2-9)16-7-12-6-10(8-20-12)14(18)19/h1-4,6,8,16H,5,7H2,(H2,15,17)(H,18,19). The summed E-state index contributed by atoms with van der Waals surface area (Å²) < 4.78 is 0. The molecular formula is C14H14N2O3S. The first-order valence-electron chi connectivity index (χ1n) is 5.96. The lowest BCUT2D eigenvalue weighted by atomic mass is 10.1. The van der Waals surface area contributed by atoms with Gasteiger partial charge in [-0.25, -0.2) is 4.79 Å². The van der Waals surface area contributed by atoms with Crippen molar-refractivity contribution < 1.29 is 14.7 Å². The van der Waals surface area contributed by atoms with E-state index in [2.05, 4.69) is 5.32 Å². The Kier molecular flexibility index (Phi) is 4.37. The molecule has 0 fully saturated rings. The molecule has 2 rings (SSSR count). The van der Waals surface area contributed by atoms with Crippen molar-refractivity contribution in [2.75, 3.05) is 5.32 Å². The van der Waals surface area contributed by atoms with Gasteiger partial charge in [0.1, 0.15) is 0 Å². The average molecular weight is 290 g/mol. The first-order valence-corrected chi connectivity index (χ1v) is 6.84. The van der Waals surface area contributed by atoms with Crippen LogP contribution in [0, 0.1) is 0 Å². The Balaban J connectivity index is 1.93. The van der Waals surface area contributed by atoms with Gasteiger partial charge in [0.15, 0.2) is 0 Å². The number of rotatable bonds is 6. The number of aromatic carboxylic acids is 1. The number of anilines is 1. The Morgan fingerprint density at radius 2 is 1.95 bits per heavy atom. The number of amides is 1. The minimum atomic E-state index is -0.914. The maximum atomic E-state index is 10.8. The predicted octanol–water partition coefficient (Wildman–Crippen LogP) is 2.09. The normalized spacial score (nSPS) is 10.2. The molecule has 6 heteroatoms. The van der Waals surface area contributed by atoms with E-state index in [0.717, 1.165) is 16.1 Å². The van der Waals surface area contributed by atoms with Crippen LogP contribution in [0.2, 0.25) is 0 Å². The second kappa shape index (κ2) is 6.21. The molecule has 0 aliphatic rings. The van der Waals surface area contributed by atoms with Crippen LogP contribution >= 0.6 is 11.3 Å². The van der Waals surface area contributed by atoms with Gasteiger partial charge in [0.25, 0.3) is 0 Å². The van der Waals surface area contributed by atoms with Crippen LogP contribution in [0.15, 0.2) is 35.7 Å². The summed E-state index contributed by atoms with van der Waals surface area (Å²) in [4.78, 5) is 22.5. The van der Waals surface area contributed by atoms with E-state index in [0.29, 0.717) is 12.1 Å². The molecule has 0 bridgehead atoms. The van der Waals surface area contributed by atoms with Gasteiger partial charge in [-0.15, -0.1) is 11.3 Å². The first-order chi connectivity index (χ1) is 9.54. The molecule has 1 aromatic heterocycles. The smallest absolute Gasteiger partial charge is 0.336 e. The van der Waals surface area contributed by atoms with Crippen molar-refractivity contribution in [1.82, 2.24) is 0 Å². The number of benzene rings is 1. The number of thiophene rings is 1. The lowest BCUT2D eigenvalue weighted by Crippen LogP contribution is -2.13. The highest BCUT2D eigenvalue weighted by Gasteiger charge is 2.06. The number of nitrogens with two attached hydrogens (primary N) is 1. The van der Waals surface area contributed by atoms with Crippen LogP contribution in [0.3, 0.4) is 0 Å².